The number of hydrogen-bond donors (Lipinski definition) is 8. The predicted octanol–water partition coefficient (Wildman–Crippen LogP) is -0.364. The van der Waals surface area contributed by atoms with Gasteiger partial charge in [0.25, 0.3) is 5.97 Å². The topological polar surface area (TPSA) is 258 Å². The Bertz CT molecular complexity index is 1270. The van der Waals surface area contributed by atoms with Crippen LogP contribution in [0.4, 0.5) is 0 Å². The van der Waals surface area contributed by atoms with Crippen molar-refractivity contribution < 1.29 is 29.1 Å². The molecule has 0 saturated heterocycles. The number of aliphatic imine (C=N–C) groups is 1. The van der Waals surface area contributed by atoms with Crippen LogP contribution in [0.25, 0.3) is 0 Å². The van der Waals surface area contributed by atoms with Crippen LogP contribution in [0.15, 0.2) is 65.7 Å². The fourth-order valence-corrected chi connectivity index (χ4v) is 4.60. The van der Waals surface area contributed by atoms with Gasteiger partial charge in [0.15, 0.2) is 5.96 Å². The van der Waals surface area contributed by atoms with Crippen LogP contribution in [-0.4, -0.2) is 83.4 Å². The molecule has 15 heteroatoms. The summed E-state index contributed by atoms with van der Waals surface area (Å²) in [6.45, 7) is 1.31. The lowest BCUT2D eigenvalue weighted by Gasteiger charge is -2.25. The van der Waals surface area contributed by atoms with Crippen LogP contribution in [-0.2, 0) is 36.8 Å². The second kappa shape index (κ2) is 22.0. The van der Waals surface area contributed by atoms with Gasteiger partial charge in [0.05, 0.1) is 6.04 Å². The van der Waals surface area contributed by atoms with Crippen molar-refractivity contribution >= 4 is 47.3 Å². The molecule has 4 atom stereocenters. The van der Waals surface area contributed by atoms with Crippen LogP contribution in [0.2, 0.25) is 0 Å². The number of amides is 4. The van der Waals surface area contributed by atoms with Crippen molar-refractivity contribution in [2.75, 3.05) is 18.6 Å². The molecule has 2 aromatic rings. The Balaban J connectivity index is 0.00000249. The minimum atomic E-state index is -1.05. The van der Waals surface area contributed by atoms with E-state index in [0.29, 0.717) is 25.0 Å². The maximum Gasteiger partial charge on any atom is 0.300 e. The van der Waals surface area contributed by atoms with Gasteiger partial charge in [0.2, 0.25) is 23.6 Å². The highest BCUT2D eigenvalue weighted by atomic mass is 32.2. The molecule has 12 N–H and O–H groups in total. The third-order valence-electron chi connectivity index (χ3n) is 6.40. The van der Waals surface area contributed by atoms with E-state index in [4.69, 9.17) is 32.8 Å². The first kappa shape index (κ1) is 39.4. The molecule has 0 radical (unpaired) electrons. The molecule has 0 saturated carbocycles. The molecular weight excluding hydrogens is 612 g/mol. The lowest BCUT2D eigenvalue weighted by Crippen LogP contribution is -2.58. The summed E-state index contributed by atoms with van der Waals surface area (Å²) in [6, 6.07) is 14.6. The van der Waals surface area contributed by atoms with E-state index < -0.39 is 53.8 Å². The Morgan fingerprint density at radius 2 is 1.22 bits per heavy atom. The average Bonchev–Trinajstić information content (AvgIpc) is 3.00. The van der Waals surface area contributed by atoms with Crippen LogP contribution >= 0.6 is 11.8 Å². The van der Waals surface area contributed by atoms with E-state index in [9.17, 15) is 19.2 Å². The van der Waals surface area contributed by atoms with Crippen LogP contribution < -0.4 is 38.9 Å². The van der Waals surface area contributed by atoms with E-state index in [1.807, 2.05) is 66.9 Å². The van der Waals surface area contributed by atoms with Crippen molar-refractivity contribution in [2.45, 2.75) is 63.2 Å². The number of carboxylic acids is 1. The first-order valence-corrected chi connectivity index (χ1v) is 16.0. The highest BCUT2D eigenvalue weighted by molar-refractivity contribution is 7.98. The minimum absolute atomic E-state index is 0.0941. The van der Waals surface area contributed by atoms with E-state index >= 15 is 0 Å². The number of carbonyl (C=O) groups is 5. The summed E-state index contributed by atoms with van der Waals surface area (Å²) in [7, 11) is 0. The molecule has 46 heavy (non-hydrogen) atoms. The normalized spacial score (nSPS) is 12.9. The van der Waals surface area contributed by atoms with Gasteiger partial charge in [-0.2, -0.15) is 11.8 Å². The zero-order chi connectivity index (χ0) is 34.5. The van der Waals surface area contributed by atoms with Crippen molar-refractivity contribution in [3.63, 3.8) is 0 Å². The number of carboxylic acid groups (broad SMARTS) is 1. The summed E-state index contributed by atoms with van der Waals surface area (Å²) in [6.07, 6.45) is 3.21. The number of rotatable bonds is 18. The zero-order valence-corrected chi connectivity index (χ0v) is 27.0. The quantitative estimate of drug-likeness (QED) is 0.0586. The van der Waals surface area contributed by atoms with Gasteiger partial charge in [-0.05, 0) is 48.8 Å². The van der Waals surface area contributed by atoms with E-state index in [-0.39, 0.29) is 25.3 Å². The number of nitrogens with one attached hydrogen (secondary N) is 3. The van der Waals surface area contributed by atoms with Crippen LogP contribution in [0.1, 0.15) is 37.3 Å². The molecule has 0 heterocycles. The molecule has 0 aromatic heterocycles. The molecule has 0 aliphatic heterocycles. The lowest BCUT2D eigenvalue weighted by atomic mass is 10.0. The molecule has 0 aliphatic carbocycles. The van der Waals surface area contributed by atoms with Gasteiger partial charge in [-0.25, -0.2) is 0 Å². The Hall–Kier alpha value is -4.63. The fraction of sp³-hybridized carbons (Fsp3) is 0.419. The molecule has 0 unspecified atom stereocenters. The maximum absolute atomic E-state index is 13.4. The molecule has 252 valence electrons. The SMILES string of the molecule is CC(=O)O.CSCC[C@H](NC(=O)[C@@H](N)Cc1ccccc1)C(=O)N[C@H](CCCN=C(N)N)C(=O)N[C@H](Cc1ccccc1)C(N)=O. The summed E-state index contributed by atoms with van der Waals surface area (Å²) in [4.78, 5) is 64.8. The summed E-state index contributed by atoms with van der Waals surface area (Å²) in [5.74, 6) is -2.69. The second-order valence-corrected chi connectivity index (χ2v) is 11.3. The molecule has 14 nitrogen and oxygen atoms in total. The van der Waals surface area contributed by atoms with Gasteiger partial charge >= 0.3 is 0 Å². The fourth-order valence-electron chi connectivity index (χ4n) is 4.13. The van der Waals surface area contributed by atoms with Gasteiger partial charge in [0.1, 0.15) is 18.1 Å². The Morgan fingerprint density at radius 1 is 0.761 bits per heavy atom. The van der Waals surface area contributed by atoms with Gasteiger partial charge in [-0.3, -0.25) is 29.0 Å². The molecule has 0 spiro atoms. The van der Waals surface area contributed by atoms with Crippen molar-refractivity contribution in [2.24, 2.45) is 27.9 Å². The van der Waals surface area contributed by atoms with Crippen LogP contribution in [0, 0.1) is 0 Å². The smallest absolute Gasteiger partial charge is 0.300 e. The highest BCUT2D eigenvalue weighted by Gasteiger charge is 2.30. The molecular formula is C31H46N8O6S. The summed E-state index contributed by atoms with van der Waals surface area (Å²) >= 11 is 1.51. The average molecular weight is 659 g/mol. The number of benzene rings is 2. The van der Waals surface area contributed by atoms with E-state index in [1.54, 1.807) is 0 Å². The molecule has 0 bridgehead atoms. The van der Waals surface area contributed by atoms with Crippen molar-refractivity contribution in [1.82, 2.24) is 16.0 Å². The van der Waals surface area contributed by atoms with E-state index in [2.05, 4.69) is 20.9 Å². The second-order valence-electron chi connectivity index (χ2n) is 10.3. The van der Waals surface area contributed by atoms with Gasteiger partial charge in [0, 0.05) is 19.9 Å². The first-order chi connectivity index (χ1) is 21.8. The van der Waals surface area contributed by atoms with Crippen molar-refractivity contribution in [3.8, 4) is 0 Å². The number of hydrogen-bond acceptors (Lipinski definition) is 8. The summed E-state index contributed by atoms with van der Waals surface area (Å²) in [5.41, 5.74) is 24.2. The van der Waals surface area contributed by atoms with E-state index in [0.717, 1.165) is 18.1 Å². The Morgan fingerprint density at radius 3 is 1.70 bits per heavy atom. The van der Waals surface area contributed by atoms with Gasteiger partial charge in [-0.15, -0.1) is 0 Å². The highest BCUT2D eigenvalue weighted by Crippen LogP contribution is 2.08. The largest absolute Gasteiger partial charge is 0.481 e. The van der Waals surface area contributed by atoms with E-state index in [1.165, 1.54) is 11.8 Å². The van der Waals surface area contributed by atoms with Crippen LogP contribution in [0.3, 0.4) is 0 Å². The van der Waals surface area contributed by atoms with Gasteiger partial charge < -0.3 is 44.0 Å². The molecule has 4 amide bonds. The number of aliphatic carboxylic acids is 1. The maximum atomic E-state index is 13.4. The lowest BCUT2D eigenvalue weighted by molar-refractivity contribution is -0.134. The number of carbonyl (C=O) groups excluding carboxylic acids is 4. The number of nitrogens with zero attached hydrogens (tertiary/aromatic N) is 1. The number of thioether (sulfide) groups is 1. The number of primary amides is 1. The standard InChI is InChI=1S/C29H42N8O4S.C2H4O2/c1-42-16-14-23(35-26(39)21(30)17-19-9-4-2-5-10-19)28(41)36-22(13-8-15-34-29(32)33)27(40)37-24(25(31)38)18-20-11-6-3-7-12-20;1-2(3)4/h2-7,9-12,21-24H,8,13-18,30H2,1H3,(H2,31,38)(H,35,39)(H,36,41)(H,37,40)(H4,32,33,34);1H3,(H,3,4)/t21-,22+,23-,24+;/m0./s1. The zero-order valence-electron chi connectivity index (χ0n) is 26.2. The number of nitrogens with two attached hydrogens (primary N) is 4. The number of guanidine groups is 1. The van der Waals surface area contributed by atoms with Crippen molar-refractivity contribution in [1.29, 1.82) is 0 Å². The van der Waals surface area contributed by atoms with Crippen molar-refractivity contribution in [3.05, 3.63) is 71.8 Å². The summed E-state index contributed by atoms with van der Waals surface area (Å²) in [5, 5.41) is 15.6. The predicted molar refractivity (Wildman–Crippen MR) is 179 cm³/mol. The first-order valence-electron chi connectivity index (χ1n) is 14.6. The summed E-state index contributed by atoms with van der Waals surface area (Å²) < 4.78 is 0. The third kappa shape index (κ3) is 17.0. The Kier molecular flexibility index (Phi) is 18.8. The molecule has 2 aromatic carbocycles. The van der Waals surface area contributed by atoms with Crippen LogP contribution in [0.5, 0.6) is 0 Å². The monoisotopic (exact) mass is 658 g/mol. The molecule has 0 fully saturated rings. The Labute approximate surface area is 273 Å². The molecule has 0 aliphatic rings. The minimum Gasteiger partial charge on any atom is -0.481 e. The molecule has 2 rings (SSSR count). The third-order valence-corrected chi connectivity index (χ3v) is 7.04. The van der Waals surface area contributed by atoms with Gasteiger partial charge in [-0.1, -0.05) is 60.7 Å².